The molecule has 0 aliphatic heterocycles. The molecule has 33 heavy (non-hydrogen) atoms. The molecular weight excluding hydrogens is 408 g/mol. The molecule has 10 atom stereocenters. The van der Waals surface area contributed by atoms with E-state index < -0.39 is 0 Å². The van der Waals surface area contributed by atoms with E-state index in [1.807, 2.05) is 0 Å². The number of carbonyl (C=O) groups excluding carboxylic acids is 2. The summed E-state index contributed by atoms with van der Waals surface area (Å²) in [6.07, 6.45) is 11.5. The Balaban J connectivity index is 1.48. The predicted octanol–water partition coefficient (Wildman–Crippen LogP) is 7.46. The Kier molecular flexibility index (Phi) is 7.12. The van der Waals surface area contributed by atoms with Crippen LogP contribution in [0.15, 0.2) is 0 Å². The van der Waals surface area contributed by atoms with Gasteiger partial charge in [0.1, 0.15) is 11.9 Å². The van der Waals surface area contributed by atoms with Crippen molar-refractivity contribution in [3.8, 4) is 0 Å². The average molecular weight is 459 g/mol. The third kappa shape index (κ3) is 4.44. The van der Waals surface area contributed by atoms with Gasteiger partial charge in [0, 0.05) is 19.3 Å². The second-order valence-corrected chi connectivity index (χ2v) is 13.6. The fourth-order valence-electron chi connectivity index (χ4n) is 9.38. The van der Waals surface area contributed by atoms with Crippen molar-refractivity contribution in [2.45, 2.75) is 119 Å². The minimum Gasteiger partial charge on any atom is -0.463 e. The van der Waals surface area contributed by atoms with Gasteiger partial charge in [0.05, 0.1) is 0 Å². The smallest absolute Gasteiger partial charge is 0.302 e. The van der Waals surface area contributed by atoms with Crippen LogP contribution in [0.2, 0.25) is 0 Å². The van der Waals surface area contributed by atoms with Crippen LogP contribution in [0, 0.1) is 58.2 Å². The Morgan fingerprint density at radius 2 is 1.64 bits per heavy atom. The van der Waals surface area contributed by atoms with Crippen LogP contribution in [-0.2, 0) is 14.3 Å². The fourth-order valence-corrected chi connectivity index (χ4v) is 9.38. The zero-order chi connectivity index (χ0) is 24.1. The van der Waals surface area contributed by atoms with Crippen LogP contribution in [0.25, 0.3) is 0 Å². The van der Waals surface area contributed by atoms with Crippen molar-refractivity contribution >= 4 is 11.8 Å². The van der Waals surface area contributed by atoms with Crippen LogP contribution in [0.1, 0.15) is 113 Å². The molecular formula is C30H50O3. The number of ketones is 1. The van der Waals surface area contributed by atoms with E-state index in [2.05, 4.69) is 41.5 Å². The number of carbonyl (C=O) groups is 2. The van der Waals surface area contributed by atoms with Crippen molar-refractivity contribution in [2.24, 2.45) is 58.2 Å². The Morgan fingerprint density at radius 1 is 0.970 bits per heavy atom. The van der Waals surface area contributed by atoms with E-state index in [0.29, 0.717) is 23.0 Å². The number of Topliss-reactive ketones (excluding diaryl/α,β-unsaturated/α-hetero) is 1. The van der Waals surface area contributed by atoms with Crippen molar-refractivity contribution in [3.05, 3.63) is 0 Å². The van der Waals surface area contributed by atoms with Crippen LogP contribution in [0.5, 0.6) is 0 Å². The number of hydrogen-bond donors (Lipinski definition) is 0. The lowest BCUT2D eigenvalue weighted by Crippen LogP contribution is -2.57. The minimum atomic E-state index is -0.202. The molecule has 4 aliphatic rings. The monoisotopic (exact) mass is 458 g/mol. The Hall–Kier alpha value is -0.860. The van der Waals surface area contributed by atoms with Gasteiger partial charge in [-0.1, -0.05) is 54.4 Å². The summed E-state index contributed by atoms with van der Waals surface area (Å²) < 4.78 is 5.56. The summed E-state index contributed by atoms with van der Waals surface area (Å²) in [6, 6.07) is 0. The molecule has 0 spiro atoms. The van der Waals surface area contributed by atoms with E-state index in [0.717, 1.165) is 55.3 Å². The minimum absolute atomic E-state index is 0.0557. The van der Waals surface area contributed by atoms with Gasteiger partial charge in [-0.3, -0.25) is 9.59 Å². The second-order valence-electron chi connectivity index (χ2n) is 13.6. The summed E-state index contributed by atoms with van der Waals surface area (Å²) in [4.78, 5) is 25.0. The van der Waals surface area contributed by atoms with Gasteiger partial charge in [0.2, 0.25) is 0 Å². The van der Waals surface area contributed by atoms with Crippen LogP contribution in [0.3, 0.4) is 0 Å². The van der Waals surface area contributed by atoms with E-state index in [-0.39, 0.29) is 23.4 Å². The average Bonchev–Trinajstić information content (AvgIpc) is 3.10. The highest BCUT2D eigenvalue weighted by atomic mass is 16.5. The van der Waals surface area contributed by atoms with E-state index in [4.69, 9.17) is 4.74 Å². The van der Waals surface area contributed by atoms with Crippen molar-refractivity contribution in [1.82, 2.24) is 0 Å². The molecule has 4 rings (SSSR count). The predicted molar refractivity (Wildman–Crippen MR) is 134 cm³/mol. The zero-order valence-electron chi connectivity index (χ0n) is 22.5. The zero-order valence-corrected chi connectivity index (χ0v) is 22.5. The SMILES string of the molecule is CC(=O)O[C@@H]1CC[C@]2(C)[C@H](C1)C(=O)C[C@H]1[C@H]2CC[C@]2(C)[C@@H]([C@H](C)CC[C@H](C)C(C)C)CC[C@@H]12. The third-order valence-electron chi connectivity index (χ3n) is 11.7. The van der Waals surface area contributed by atoms with E-state index in [1.54, 1.807) is 0 Å². The first kappa shape index (κ1) is 25.2. The number of esters is 1. The standard InChI is InChI=1S/C30H50O3/c1-18(2)19(3)8-9-20(4)24-10-11-25-23-17-28(32)27-16-22(33-21(5)31)12-14-30(27,7)26(23)13-15-29(24,25)6/h18-20,22-27H,8-17H2,1-7H3/t19-,20+,22+,23+,24+,25-,26+,27+,29+,30-/m0/s1. The Morgan fingerprint density at radius 3 is 2.30 bits per heavy atom. The highest BCUT2D eigenvalue weighted by Crippen LogP contribution is 2.68. The molecule has 0 aromatic rings. The lowest BCUT2D eigenvalue weighted by atomic mass is 9.44. The summed E-state index contributed by atoms with van der Waals surface area (Å²) in [5.41, 5.74) is 0.522. The van der Waals surface area contributed by atoms with E-state index in [9.17, 15) is 9.59 Å². The van der Waals surface area contributed by atoms with Gasteiger partial charge in [-0.15, -0.1) is 0 Å². The van der Waals surface area contributed by atoms with Gasteiger partial charge >= 0.3 is 5.97 Å². The summed E-state index contributed by atoms with van der Waals surface area (Å²) in [5.74, 6) is 5.53. The van der Waals surface area contributed by atoms with Crippen LogP contribution in [-0.4, -0.2) is 17.9 Å². The molecule has 4 aliphatic carbocycles. The summed E-state index contributed by atoms with van der Waals surface area (Å²) >= 11 is 0. The summed E-state index contributed by atoms with van der Waals surface area (Å²) in [5, 5.41) is 0. The van der Waals surface area contributed by atoms with Gasteiger partial charge in [-0.05, 0) is 97.2 Å². The maximum Gasteiger partial charge on any atom is 0.302 e. The van der Waals surface area contributed by atoms with E-state index in [1.165, 1.54) is 45.4 Å². The number of rotatable bonds is 6. The molecule has 0 aromatic heterocycles. The first-order valence-electron chi connectivity index (χ1n) is 14.2. The molecule has 188 valence electrons. The molecule has 4 fully saturated rings. The maximum atomic E-state index is 13.5. The van der Waals surface area contributed by atoms with Crippen molar-refractivity contribution in [2.75, 3.05) is 0 Å². The number of fused-ring (bicyclic) bond motifs is 5. The van der Waals surface area contributed by atoms with Gasteiger partial charge in [-0.25, -0.2) is 0 Å². The van der Waals surface area contributed by atoms with Crippen LogP contribution >= 0.6 is 0 Å². The molecule has 0 N–H and O–H groups in total. The van der Waals surface area contributed by atoms with Crippen LogP contribution in [0.4, 0.5) is 0 Å². The molecule has 4 saturated carbocycles. The molecule has 0 bridgehead atoms. The normalized spacial score (nSPS) is 44.5. The maximum absolute atomic E-state index is 13.5. The molecule has 0 radical (unpaired) electrons. The van der Waals surface area contributed by atoms with Crippen molar-refractivity contribution in [3.63, 3.8) is 0 Å². The quantitative estimate of drug-likeness (QED) is 0.388. The van der Waals surface area contributed by atoms with Crippen molar-refractivity contribution < 1.29 is 14.3 Å². The highest BCUT2D eigenvalue weighted by Gasteiger charge is 2.62. The molecule has 0 aromatic carbocycles. The molecule has 0 saturated heterocycles. The molecule has 0 amide bonds. The summed E-state index contributed by atoms with van der Waals surface area (Å²) in [6.45, 7) is 16.2. The molecule has 3 heteroatoms. The summed E-state index contributed by atoms with van der Waals surface area (Å²) in [7, 11) is 0. The number of ether oxygens (including phenoxy) is 1. The highest BCUT2D eigenvalue weighted by molar-refractivity contribution is 5.83. The first-order valence-corrected chi connectivity index (χ1v) is 14.2. The first-order chi connectivity index (χ1) is 15.5. The Labute approximate surface area is 203 Å². The van der Waals surface area contributed by atoms with Gasteiger partial charge in [0.25, 0.3) is 0 Å². The molecule has 0 unspecified atom stereocenters. The second kappa shape index (κ2) is 9.30. The lowest BCUT2D eigenvalue weighted by molar-refractivity contribution is -0.169. The number of hydrogen-bond acceptors (Lipinski definition) is 3. The topological polar surface area (TPSA) is 43.4 Å². The third-order valence-corrected chi connectivity index (χ3v) is 11.7. The van der Waals surface area contributed by atoms with Crippen molar-refractivity contribution in [1.29, 1.82) is 0 Å². The van der Waals surface area contributed by atoms with Gasteiger partial charge in [-0.2, -0.15) is 0 Å². The van der Waals surface area contributed by atoms with E-state index >= 15 is 0 Å². The largest absolute Gasteiger partial charge is 0.463 e. The fraction of sp³-hybridized carbons (Fsp3) is 0.933. The lowest BCUT2D eigenvalue weighted by Gasteiger charge is -2.60. The Bertz CT molecular complexity index is 743. The van der Waals surface area contributed by atoms with Gasteiger partial charge < -0.3 is 4.74 Å². The molecule has 3 nitrogen and oxygen atoms in total. The van der Waals surface area contributed by atoms with Gasteiger partial charge in [0.15, 0.2) is 0 Å². The van der Waals surface area contributed by atoms with Crippen LogP contribution < -0.4 is 0 Å². The molecule has 0 heterocycles.